The molecule has 0 saturated carbocycles. The molecule has 0 spiro atoms. The predicted molar refractivity (Wildman–Crippen MR) is 83.8 cm³/mol. The Morgan fingerprint density at radius 1 is 1.05 bits per heavy atom. The number of anilines is 1. The second kappa shape index (κ2) is 5.43. The average Bonchev–Trinajstić information content (AvgIpc) is 2.47. The molecular weight excluding hydrogens is 268 g/mol. The maximum absolute atomic E-state index is 9.88. The Morgan fingerprint density at radius 2 is 1.85 bits per heavy atom. The Labute approximate surface area is 121 Å². The highest BCUT2D eigenvalue weighted by molar-refractivity contribution is 7.98. The van der Waals surface area contributed by atoms with Crippen molar-refractivity contribution in [2.75, 3.05) is 5.73 Å². The fourth-order valence-corrected chi connectivity index (χ4v) is 3.07. The molecule has 0 aliphatic rings. The first kappa shape index (κ1) is 12.8. The van der Waals surface area contributed by atoms with Crippen molar-refractivity contribution in [3.05, 3.63) is 60.4 Å². The number of thioether (sulfide) groups is 1. The standard InChI is InChI=1S/C16H14N2OS/c17-11-7-8-18-12(9-11)10-20-16-6-5-15(19)13-3-1-2-4-14(13)16/h1-9,19H,10H2,(H2,17,18). The van der Waals surface area contributed by atoms with Gasteiger partial charge in [0.2, 0.25) is 0 Å². The first-order valence-corrected chi connectivity index (χ1v) is 7.26. The lowest BCUT2D eigenvalue weighted by atomic mass is 10.1. The SMILES string of the molecule is Nc1ccnc(CSc2ccc(O)c3ccccc23)c1. The number of nitrogens with zero attached hydrogens (tertiary/aromatic N) is 1. The summed E-state index contributed by atoms with van der Waals surface area (Å²) >= 11 is 1.69. The maximum atomic E-state index is 9.88. The highest BCUT2D eigenvalue weighted by Crippen LogP contribution is 2.34. The van der Waals surface area contributed by atoms with Crippen LogP contribution in [0, 0.1) is 0 Å². The van der Waals surface area contributed by atoms with E-state index in [0.717, 1.165) is 32.8 Å². The fraction of sp³-hybridized carbons (Fsp3) is 0.0625. The number of aromatic hydroxyl groups is 1. The van der Waals surface area contributed by atoms with E-state index in [2.05, 4.69) is 4.98 Å². The van der Waals surface area contributed by atoms with Crippen LogP contribution in [0.3, 0.4) is 0 Å². The van der Waals surface area contributed by atoms with Crippen LogP contribution in [-0.2, 0) is 5.75 Å². The number of phenolic OH excluding ortho intramolecular Hbond substituents is 1. The molecule has 0 saturated heterocycles. The summed E-state index contributed by atoms with van der Waals surface area (Å²) in [5, 5.41) is 11.8. The molecule has 0 amide bonds. The van der Waals surface area contributed by atoms with Crippen LogP contribution >= 0.6 is 11.8 Å². The van der Waals surface area contributed by atoms with Crippen molar-refractivity contribution in [1.29, 1.82) is 0 Å². The molecule has 0 aliphatic carbocycles. The van der Waals surface area contributed by atoms with Gasteiger partial charge in [0.1, 0.15) is 5.75 Å². The van der Waals surface area contributed by atoms with Crippen molar-refractivity contribution >= 4 is 28.2 Å². The van der Waals surface area contributed by atoms with Crippen LogP contribution < -0.4 is 5.73 Å². The lowest BCUT2D eigenvalue weighted by molar-refractivity contribution is 0.481. The Morgan fingerprint density at radius 3 is 2.65 bits per heavy atom. The molecule has 3 nitrogen and oxygen atoms in total. The van der Waals surface area contributed by atoms with Gasteiger partial charge in [-0.1, -0.05) is 24.3 Å². The van der Waals surface area contributed by atoms with Gasteiger partial charge in [0.25, 0.3) is 0 Å². The highest BCUT2D eigenvalue weighted by atomic mass is 32.2. The number of nitrogens with two attached hydrogens (primary N) is 1. The molecule has 0 aliphatic heterocycles. The smallest absolute Gasteiger partial charge is 0.123 e. The number of pyridine rings is 1. The molecule has 3 N–H and O–H groups in total. The van der Waals surface area contributed by atoms with Gasteiger partial charge < -0.3 is 10.8 Å². The third-order valence-electron chi connectivity index (χ3n) is 3.08. The number of hydrogen-bond donors (Lipinski definition) is 2. The minimum absolute atomic E-state index is 0.312. The van der Waals surface area contributed by atoms with E-state index in [1.54, 1.807) is 30.1 Å². The number of benzene rings is 2. The summed E-state index contributed by atoms with van der Waals surface area (Å²) < 4.78 is 0. The molecule has 0 radical (unpaired) electrons. The van der Waals surface area contributed by atoms with Crippen LogP contribution in [0.4, 0.5) is 5.69 Å². The van der Waals surface area contributed by atoms with Crippen LogP contribution in [0.15, 0.2) is 59.6 Å². The van der Waals surface area contributed by atoms with E-state index in [1.807, 2.05) is 36.4 Å². The molecule has 4 heteroatoms. The van der Waals surface area contributed by atoms with Crippen LogP contribution in [0.25, 0.3) is 10.8 Å². The van der Waals surface area contributed by atoms with Crippen molar-refractivity contribution in [3.63, 3.8) is 0 Å². The van der Waals surface area contributed by atoms with E-state index in [-0.39, 0.29) is 0 Å². The Kier molecular flexibility index (Phi) is 3.48. The van der Waals surface area contributed by atoms with Gasteiger partial charge in [-0.25, -0.2) is 0 Å². The molecule has 0 bridgehead atoms. The summed E-state index contributed by atoms with van der Waals surface area (Å²) in [5.74, 6) is 1.06. The van der Waals surface area contributed by atoms with Gasteiger partial charge in [-0.15, -0.1) is 11.8 Å². The van der Waals surface area contributed by atoms with E-state index < -0.39 is 0 Å². The molecule has 0 atom stereocenters. The zero-order valence-corrected chi connectivity index (χ0v) is 11.6. The van der Waals surface area contributed by atoms with Crippen molar-refractivity contribution in [1.82, 2.24) is 4.98 Å². The summed E-state index contributed by atoms with van der Waals surface area (Å²) in [5.41, 5.74) is 7.43. The van der Waals surface area contributed by atoms with Crippen molar-refractivity contribution < 1.29 is 5.11 Å². The number of phenols is 1. The normalized spacial score (nSPS) is 10.8. The lowest BCUT2D eigenvalue weighted by Gasteiger charge is -2.08. The van der Waals surface area contributed by atoms with Crippen molar-refractivity contribution in [2.45, 2.75) is 10.6 Å². The molecular formula is C16H14N2OS. The molecule has 2 aromatic carbocycles. The van der Waals surface area contributed by atoms with E-state index in [0.29, 0.717) is 5.75 Å². The van der Waals surface area contributed by atoms with Gasteiger partial charge in [0, 0.05) is 27.9 Å². The van der Waals surface area contributed by atoms with Gasteiger partial charge in [-0.2, -0.15) is 0 Å². The Hall–Kier alpha value is -2.20. The van der Waals surface area contributed by atoms with Crippen LogP contribution in [-0.4, -0.2) is 10.1 Å². The third-order valence-corrected chi connectivity index (χ3v) is 4.18. The number of rotatable bonds is 3. The molecule has 3 rings (SSSR count). The second-order valence-corrected chi connectivity index (χ2v) is 5.51. The molecule has 100 valence electrons. The summed E-state index contributed by atoms with van der Waals surface area (Å²) in [6.45, 7) is 0. The molecule has 0 fully saturated rings. The number of hydrogen-bond acceptors (Lipinski definition) is 4. The van der Waals surface area contributed by atoms with Crippen LogP contribution in [0.2, 0.25) is 0 Å². The highest BCUT2D eigenvalue weighted by Gasteiger charge is 2.06. The monoisotopic (exact) mass is 282 g/mol. The maximum Gasteiger partial charge on any atom is 0.123 e. The summed E-state index contributed by atoms with van der Waals surface area (Å²) in [6, 6.07) is 15.2. The first-order chi connectivity index (χ1) is 9.74. The average molecular weight is 282 g/mol. The molecule has 1 heterocycles. The number of nitrogen functional groups attached to an aromatic ring is 1. The van der Waals surface area contributed by atoms with E-state index in [9.17, 15) is 5.11 Å². The van der Waals surface area contributed by atoms with Gasteiger partial charge in [-0.05, 0) is 29.7 Å². The quantitative estimate of drug-likeness (QED) is 0.717. The molecule has 20 heavy (non-hydrogen) atoms. The minimum Gasteiger partial charge on any atom is -0.507 e. The number of fused-ring (bicyclic) bond motifs is 1. The summed E-state index contributed by atoms with van der Waals surface area (Å²) in [7, 11) is 0. The minimum atomic E-state index is 0.312. The van der Waals surface area contributed by atoms with Crippen molar-refractivity contribution in [3.8, 4) is 5.75 Å². The molecule has 3 aromatic rings. The largest absolute Gasteiger partial charge is 0.507 e. The van der Waals surface area contributed by atoms with Gasteiger partial charge in [0.15, 0.2) is 0 Å². The van der Waals surface area contributed by atoms with Crippen molar-refractivity contribution in [2.24, 2.45) is 0 Å². The predicted octanol–water partition coefficient (Wildman–Crippen LogP) is 3.81. The molecule has 0 unspecified atom stereocenters. The van der Waals surface area contributed by atoms with E-state index >= 15 is 0 Å². The fourth-order valence-electron chi connectivity index (χ4n) is 2.11. The Balaban J connectivity index is 1.90. The van der Waals surface area contributed by atoms with Gasteiger partial charge in [0.05, 0.1) is 5.69 Å². The van der Waals surface area contributed by atoms with Crippen LogP contribution in [0.5, 0.6) is 5.75 Å². The lowest BCUT2D eigenvalue weighted by Crippen LogP contribution is -1.90. The molecule has 1 aromatic heterocycles. The zero-order chi connectivity index (χ0) is 13.9. The van der Waals surface area contributed by atoms with Gasteiger partial charge in [-0.3, -0.25) is 4.98 Å². The second-order valence-electron chi connectivity index (χ2n) is 4.50. The van der Waals surface area contributed by atoms with Crippen LogP contribution in [0.1, 0.15) is 5.69 Å². The van der Waals surface area contributed by atoms with E-state index in [4.69, 9.17) is 5.73 Å². The zero-order valence-electron chi connectivity index (χ0n) is 10.8. The number of aromatic nitrogens is 1. The Bertz CT molecular complexity index is 758. The summed E-state index contributed by atoms with van der Waals surface area (Å²) in [6.07, 6.45) is 1.72. The van der Waals surface area contributed by atoms with Gasteiger partial charge >= 0.3 is 0 Å². The van der Waals surface area contributed by atoms with E-state index in [1.165, 1.54) is 0 Å². The third kappa shape index (κ3) is 2.56. The first-order valence-electron chi connectivity index (χ1n) is 6.28. The summed E-state index contributed by atoms with van der Waals surface area (Å²) in [4.78, 5) is 5.43. The topological polar surface area (TPSA) is 59.1 Å².